The van der Waals surface area contributed by atoms with Crippen LogP contribution in [-0.2, 0) is 17.7 Å². The van der Waals surface area contributed by atoms with Gasteiger partial charge in [-0.2, -0.15) is 0 Å². The van der Waals surface area contributed by atoms with Crippen LogP contribution in [0.4, 0.5) is 0 Å². The first kappa shape index (κ1) is 14.5. The Morgan fingerprint density at radius 1 is 1.47 bits per heavy atom. The van der Waals surface area contributed by atoms with E-state index in [1.54, 1.807) is 0 Å². The molecule has 1 heterocycles. The SMILES string of the molecule is CCOC1CC(NCc2ncc(CC)o2)C1(C)CC. The maximum atomic E-state index is 5.81. The number of aromatic nitrogens is 1. The van der Waals surface area contributed by atoms with Gasteiger partial charge in [0.1, 0.15) is 5.76 Å². The van der Waals surface area contributed by atoms with Crippen LogP contribution in [0.1, 0.15) is 52.2 Å². The largest absolute Gasteiger partial charge is 0.444 e. The Hall–Kier alpha value is -0.870. The lowest BCUT2D eigenvalue weighted by molar-refractivity contribution is -0.126. The van der Waals surface area contributed by atoms with Gasteiger partial charge in [0.15, 0.2) is 0 Å². The van der Waals surface area contributed by atoms with Crippen molar-refractivity contribution in [2.24, 2.45) is 5.41 Å². The average molecular weight is 266 g/mol. The second-order valence-electron chi connectivity index (χ2n) is 5.55. The number of nitrogens with one attached hydrogen (secondary N) is 1. The first-order valence-electron chi connectivity index (χ1n) is 7.42. The van der Waals surface area contributed by atoms with E-state index >= 15 is 0 Å². The van der Waals surface area contributed by atoms with Crippen molar-refractivity contribution in [2.45, 2.75) is 65.6 Å². The van der Waals surface area contributed by atoms with E-state index in [9.17, 15) is 0 Å². The maximum Gasteiger partial charge on any atom is 0.208 e. The second-order valence-corrected chi connectivity index (χ2v) is 5.55. The van der Waals surface area contributed by atoms with E-state index in [1.165, 1.54) is 0 Å². The van der Waals surface area contributed by atoms with Gasteiger partial charge in [0, 0.05) is 24.5 Å². The summed E-state index contributed by atoms with van der Waals surface area (Å²) in [6, 6.07) is 0.492. The van der Waals surface area contributed by atoms with Gasteiger partial charge in [-0.05, 0) is 19.8 Å². The summed E-state index contributed by atoms with van der Waals surface area (Å²) in [6.45, 7) is 10.2. The van der Waals surface area contributed by atoms with E-state index in [0.29, 0.717) is 18.7 Å². The molecule has 1 fully saturated rings. The highest BCUT2D eigenvalue weighted by molar-refractivity contribution is 5.05. The Morgan fingerprint density at radius 2 is 2.26 bits per heavy atom. The molecule has 0 radical (unpaired) electrons. The van der Waals surface area contributed by atoms with Crippen LogP contribution in [-0.4, -0.2) is 23.7 Å². The minimum atomic E-state index is 0.232. The molecule has 3 unspecified atom stereocenters. The van der Waals surface area contributed by atoms with E-state index in [4.69, 9.17) is 9.15 Å². The molecule has 4 nitrogen and oxygen atoms in total. The minimum absolute atomic E-state index is 0.232. The molecule has 0 bridgehead atoms. The number of rotatable bonds is 7. The molecule has 0 saturated heterocycles. The smallest absolute Gasteiger partial charge is 0.208 e. The van der Waals surface area contributed by atoms with E-state index in [0.717, 1.165) is 37.5 Å². The molecule has 4 heteroatoms. The van der Waals surface area contributed by atoms with Crippen molar-refractivity contribution in [3.8, 4) is 0 Å². The summed E-state index contributed by atoms with van der Waals surface area (Å²) >= 11 is 0. The number of oxazole rings is 1. The normalized spacial score (nSPS) is 30.3. The molecule has 1 aromatic rings. The minimum Gasteiger partial charge on any atom is -0.444 e. The molecule has 0 spiro atoms. The molecule has 0 amide bonds. The van der Waals surface area contributed by atoms with Crippen molar-refractivity contribution in [1.82, 2.24) is 10.3 Å². The summed E-state index contributed by atoms with van der Waals surface area (Å²) in [6.07, 6.45) is 5.31. The summed E-state index contributed by atoms with van der Waals surface area (Å²) in [5.74, 6) is 1.74. The fourth-order valence-corrected chi connectivity index (χ4v) is 2.87. The fraction of sp³-hybridized carbons (Fsp3) is 0.800. The lowest BCUT2D eigenvalue weighted by Crippen LogP contribution is -2.61. The Kier molecular flexibility index (Phi) is 4.63. The topological polar surface area (TPSA) is 47.3 Å². The van der Waals surface area contributed by atoms with Crippen molar-refractivity contribution >= 4 is 0 Å². The standard InChI is InChI=1S/C15H26N2O2/c1-5-11-9-17-14(19-11)10-16-12-8-13(18-7-3)15(12,4)6-2/h9,12-13,16H,5-8,10H2,1-4H3. The van der Waals surface area contributed by atoms with E-state index in [-0.39, 0.29) is 5.41 Å². The van der Waals surface area contributed by atoms with E-state index in [2.05, 4.69) is 38.0 Å². The predicted octanol–water partition coefficient (Wildman–Crippen LogP) is 2.92. The number of hydrogen-bond donors (Lipinski definition) is 1. The van der Waals surface area contributed by atoms with Gasteiger partial charge < -0.3 is 14.5 Å². The summed E-state index contributed by atoms with van der Waals surface area (Å²) in [5, 5.41) is 3.57. The van der Waals surface area contributed by atoms with Crippen molar-refractivity contribution in [3.63, 3.8) is 0 Å². The average Bonchev–Trinajstić information content (AvgIpc) is 2.88. The molecule has 3 atom stereocenters. The van der Waals surface area contributed by atoms with Crippen LogP contribution in [0.5, 0.6) is 0 Å². The summed E-state index contributed by atoms with van der Waals surface area (Å²) in [7, 11) is 0. The summed E-state index contributed by atoms with van der Waals surface area (Å²) in [4.78, 5) is 4.29. The van der Waals surface area contributed by atoms with Gasteiger partial charge in [-0.3, -0.25) is 0 Å². The van der Waals surface area contributed by atoms with Crippen LogP contribution in [0.3, 0.4) is 0 Å². The van der Waals surface area contributed by atoms with Crippen LogP contribution in [0.15, 0.2) is 10.6 Å². The van der Waals surface area contributed by atoms with Crippen molar-refractivity contribution in [3.05, 3.63) is 17.8 Å². The van der Waals surface area contributed by atoms with Crippen LogP contribution in [0, 0.1) is 5.41 Å². The zero-order chi connectivity index (χ0) is 13.9. The molecule has 0 aliphatic heterocycles. The van der Waals surface area contributed by atoms with Gasteiger partial charge in [0.2, 0.25) is 5.89 Å². The first-order valence-corrected chi connectivity index (χ1v) is 7.42. The number of nitrogens with zero attached hydrogens (tertiary/aromatic N) is 1. The van der Waals surface area contributed by atoms with Gasteiger partial charge in [0.25, 0.3) is 0 Å². The molecule has 1 aromatic heterocycles. The third-order valence-corrected chi connectivity index (χ3v) is 4.56. The molecule has 0 aromatic carbocycles. The second kappa shape index (κ2) is 6.06. The number of hydrogen-bond acceptors (Lipinski definition) is 4. The Bertz CT molecular complexity index is 405. The molecule has 2 rings (SSSR count). The molecule has 1 aliphatic rings. The van der Waals surface area contributed by atoms with E-state index in [1.807, 2.05) is 6.20 Å². The Balaban J connectivity index is 1.86. The van der Waals surface area contributed by atoms with Gasteiger partial charge in [-0.25, -0.2) is 4.98 Å². The molecule has 1 N–H and O–H groups in total. The van der Waals surface area contributed by atoms with Crippen molar-refractivity contribution in [1.29, 1.82) is 0 Å². The monoisotopic (exact) mass is 266 g/mol. The maximum absolute atomic E-state index is 5.81. The Labute approximate surface area is 115 Å². The Morgan fingerprint density at radius 3 is 2.84 bits per heavy atom. The molecule has 1 aliphatic carbocycles. The van der Waals surface area contributed by atoms with Gasteiger partial charge >= 0.3 is 0 Å². The first-order chi connectivity index (χ1) is 9.13. The molecule has 19 heavy (non-hydrogen) atoms. The van der Waals surface area contributed by atoms with Gasteiger partial charge in [-0.15, -0.1) is 0 Å². The molecular formula is C15H26N2O2. The molecule has 1 saturated carbocycles. The van der Waals surface area contributed by atoms with E-state index < -0.39 is 0 Å². The van der Waals surface area contributed by atoms with Crippen LogP contribution in [0.25, 0.3) is 0 Å². The summed E-state index contributed by atoms with van der Waals surface area (Å²) in [5.41, 5.74) is 0.232. The van der Waals surface area contributed by atoms with Crippen molar-refractivity contribution < 1.29 is 9.15 Å². The third-order valence-electron chi connectivity index (χ3n) is 4.56. The molecular weight excluding hydrogens is 240 g/mol. The van der Waals surface area contributed by atoms with Gasteiger partial charge in [0.05, 0.1) is 18.8 Å². The third kappa shape index (κ3) is 2.84. The lowest BCUT2D eigenvalue weighted by atomic mass is 9.61. The van der Waals surface area contributed by atoms with Gasteiger partial charge in [-0.1, -0.05) is 20.8 Å². The quantitative estimate of drug-likeness (QED) is 0.824. The van der Waals surface area contributed by atoms with Crippen molar-refractivity contribution in [2.75, 3.05) is 6.61 Å². The highest BCUT2D eigenvalue weighted by atomic mass is 16.5. The summed E-state index contributed by atoms with van der Waals surface area (Å²) < 4.78 is 11.4. The number of ether oxygens (including phenoxy) is 1. The van der Waals surface area contributed by atoms with Crippen LogP contribution in [0.2, 0.25) is 0 Å². The van der Waals surface area contributed by atoms with Crippen LogP contribution >= 0.6 is 0 Å². The van der Waals surface area contributed by atoms with Crippen LogP contribution < -0.4 is 5.32 Å². The zero-order valence-electron chi connectivity index (χ0n) is 12.5. The molecule has 108 valence electrons. The highest BCUT2D eigenvalue weighted by Crippen LogP contribution is 2.45. The predicted molar refractivity (Wildman–Crippen MR) is 74.9 cm³/mol. The highest BCUT2D eigenvalue weighted by Gasteiger charge is 2.50. The number of aryl methyl sites for hydroxylation is 1. The zero-order valence-corrected chi connectivity index (χ0v) is 12.5. The fourth-order valence-electron chi connectivity index (χ4n) is 2.87. The lowest BCUT2D eigenvalue weighted by Gasteiger charge is -2.53.